The van der Waals surface area contributed by atoms with Crippen LogP contribution >= 0.6 is 23.4 Å². The Morgan fingerprint density at radius 2 is 1.96 bits per heavy atom. The van der Waals surface area contributed by atoms with Crippen molar-refractivity contribution in [2.24, 2.45) is 0 Å². The predicted molar refractivity (Wildman–Crippen MR) is 105 cm³/mol. The van der Waals surface area contributed by atoms with Crippen molar-refractivity contribution < 1.29 is 4.79 Å². The number of hydrogen-bond donors (Lipinski definition) is 1. The van der Waals surface area contributed by atoms with Gasteiger partial charge in [0.2, 0.25) is 5.91 Å². The van der Waals surface area contributed by atoms with Gasteiger partial charge in [0.25, 0.3) is 0 Å². The first kappa shape index (κ1) is 18.5. The standard InChI is InChI=1S/C19H19ClN4OS/c1-13-8-9-16(20)10-17(13)24-18(11-21-14(2)25)22-23-19(24)26-12-15-6-4-3-5-7-15/h3-10H,11-12H2,1-2H3,(H,21,25). The molecule has 1 amide bonds. The number of thioether (sulfide) groups is 1. The SMILES string of the molecule is CC(=O)NCc1nnc(SCc2ccccc2)n1-c1cc(Cl)ccc1C. The molecule has 3 rings (SSSR count). The normalized spacial score (nSPS) is 10.7. The third-order valence-corrected chi connectivity index (χ3v) is 5.05. The summed E-state index contributed by atoms with van der Waals surface area (Å²) in [5.41, 5.74) is 3.18. The van der Waals surface area contributed by atoms with Crippen molar-refractivity contribution in [2.45, 2.75) is 31.3 Å². The number of nitrogens with one attached hydrogen (secondary N) is 1. The summed E-state index contributed by atoms with van der Waals surface area (Å²) < 4.78 is 1.96. The van der Waals surface area contributed by atoms with Gasteiger partial charge in [0, 0.05) is 17.7 Å². The number of carbonyl (C=O) groups excluding carboxylic acids is 1. The van der Waals surface area contributed by atoms with Gasteiger partial charge in [-0.2, -0.15) is 0 Å². The summed E-state index contributed by atoms with van der Waals surface area (Å²) in [4.78, 5) is 11.3. The summed E-state index contributed by atoms with van der Waals surface area (Å²) in [6, 6.07) is 15.9. The fourth-order valence-corrected chi connectivity index (χ4v) is 3.59. The van der Waals surface area contributed by atoms with Gasteiger partial charge in [-0.05, 0) is 30.2 Å². The van der Waals surface area contributed by atoms with E-state index in [0.29, 0.717) is 17.4 Å². The first-order valence-electron chi connectivity index (χ1n) is 8.16. The number of aryl methyl sites for hydroxylation is 1. The van der Waals surface area contributed by atoms with Crippen molar-refractivity contribution in [3.05, 3.63) is 70.5 Å². The number of rotatable bonds is 6. The number of carbonyl (C=O) groups is 1. The van der Waals surface area contributed by atoms with Crippen molar-refractivity contribution in [1.82, 2.24) is 20.1 Å². The van der Waals surface area contributed by atoms with Gasteiger partial charge in [-0.3, -0.25) is 9.36 Å². The van der Waals surface area contributed by atoms with Gasteiger partial charge < -0.3 is 5.32 Å². The molecule has 134 valence electrons. The van der Waals surface area contributed by atoms with Crippen LogP contribution in [0.5, 0.6) is 0 Å². The topological polar surface area (TPSA) is 59.8 Å². The van der Waals surface area contributed by atoms with Crippen LogP contribution in [0.4, 0.5) is 0 Å². The van der Waals surface area contributed by atoms with Gasteiger partial charge in [-0.25, -0.2) is 0 Å². The van der Waals surface area contributed by atoms with Crippen molar-refractivity contribution in [2.75, 3.05) is 0 Å². The average molecular weight is 387 g/mol. The summed E-state index contributed by atoms with van der Waals surface area (Å²) in [7, 11) is 0. The minimum atomic E-state index is -0.110. The predicted octanol–water partition coefficient (Wildman–Crippen LogP) is 4.16. The monoisotopic (exact) mass is 386 g/mol. The number of nitrogens with zero attached hydrogens (tertiary/aromatic N) is 3. The Labute approximate surface area is 161 Å². The summed E-state index contributed by atoms with van der Waals surface area (Å²) in [6.07, 6.45) is 0. The maximum atomic E-state index is 11.3. The molecule has 0 unspecified atom stereocenters. The van der Waals surface area contributed by atoms with E-state index in [4.69, 9.17) is 11.6 Å². The maximum absolute atomic E-state index is 11.3. The summed E-state index contributed by atoms with van der Waals surface area (Å²) in [5, 5.41) is 12.8. The molecule has 0 bridgehead atoms. The van der Waals surface area contributed by atoms with Gasteiger partial charge in [0.05, 0.1) is 12.2 Å². The average Bonchev–Trinajstić information content (AvgIpc) is 3.04. The lowest BCUT2D eigenvalue weighted by Gasteiger charge is -2.13. The van der Waals surface area contributed by atoms with Gasteiger partial charge >= 0.3 is 0 Å². The molecular weight excluding hydrogens is 368 g/mol. The van der Waals surface area contributed by atoms with Crippen LogP contribution in [0.1, 0.15) is 23.9 Å². The van der Waals surface area contributed by atoms with Crippen molar-refractivity contribution in [3.63, 3.8) is 0 Å². The molecule has 0 saturated heterocycles. The highest BCUT2D eigenvalue weighted by atomic mass is 35.5. The minimum absolute atomic E-state index is 0.110. The molecule has 0 saturated carbocycles. The summed E-state index contributed by atoms with van der Waals surface area (Å²) in [6.45, 7) is 3.80. The number of benzene rings is 2. The molecule has 7 heteroatoms. The summed E-state index contributed by atoms with van der Waals surface area (Å²) >= 11 is 7.81. The molecule has 0 aliphatic carbocycles. The lowest BCUT2D eigenvalue weighted by atomic mass is 10.2. The fourth-order valence-electron chi connectivity index (χ4n) is 2.50. The van der Waals surface area contributed by atoms with E-state index in [9.17, 15) is 4.79 Å². The molecule has 0 atom stereocenters. The van der Waals surface area contributed by atoms with Crippen LogP contribution in [0, 0.1) is 6.92 Å². The van der Waals surface area contributed by atoms with Gasteiger partial charge in [-0.1, -0.05) is 59.8 Å². The van der Waals surface area contributed by atoms with Crippen LogP contribution < -0.4 is 5.32 Å². The first-order chi connectivity index (χ1) is 12.5. The molecule has 0 spiro atoms. The smallest absolute Gasteiger partial charge is 0.217 e. The Morgan fingerprint density at radius 3 is 2.69 bits per heavy atom. The van der Waals surface area contributed by atoms with Gasteiger partial charge in [0.1, 0.15) is 0 Å². The molecule has 1 heterocycles. The second-order valence-corrected chi connectivity index (χ2v) is 7.23. The molecule has 2 aromatic carbocycles. The van der Waals surface area contributed by atoms with Gasteiger partial charge in [-0.15, -0.1) is 10.2 Å². The van der Waals surface area contributed by atoms with E-state index in [0.717, 1.165) is 22.2 Å². The van der Waals surface area contributed by atoms with Crippen LogP contribution in [0.3, 0.4) is 0 Å². The van der Waals surface area contributed by atoms with Crippen LogP contribution in [0.25, 0.3) is 5.69 Å². The van der Waals surface area contributed by atoms with Crippen LogP contribution in [0.2, 0.25) is 5.02 Å². The van der Waals surface area contributed by atoms with E-state index in [1.165, 1.54) is 12.5 Å². The number of hydrogen-bond acceptors (Lipinski definition) is 4. The Bertz CT molecular complexity index is 911. The molecule has 1 N–H and O–H groups in total. The highest BCUT2D eigenvalue weighted by Crippen LogP contribution is 2.28. The number of aromatic nitrogens is 3. The summed E-state index contributed by atoms with van der Waals surface area (Å²) in [5.74, 6) is 1.33. The van der Waals surface area contributed by atoms with Crippen LogP contribution in [-0.2, 0) is 17.1 Å². The third kappa shape index (κ3) is 4.45. The second-order valence-electron chi connectivity index (χ2n) is 5.85. The maximum Gasteiger partial charge on any atom is 0.217 e. The lowest BCUT2D eigenvalue weighted by Crippen LogP contribution is -2.21. The lowest BCUT2D eigenvalue weighted by molar-refractivity contribution is -0.119. The zero-order valence-electron chi connectivity index (χ0n) is 14.6. The van der Waals surface area contributed by atoms with Gasteiger partial charge in [0.15, 0.2) is 11.0 Å². The molecule has 0 aliphatic rings. The molecule has 3 aromatic rings. The zero-order valence-corrected chi connectivity index (χ0v) is 16.1. The molecule has 0 radical (unpaired) electrons. The highest BCUT2D eigenvalue weighted by Gasteiger charge is 2.17. The van der Waals surface area contributed by atoms with E-state index in [1.54, 1.807) is 11.8 Å². The van der Waals surface area contributed by atoms with E-state index in [-0.39, 0.29) is 5.91 Å². The molecule has 1 aromatic heterocycles. The largest absolute Gasteiger partial charge is 0.349 e. The Kier molecular flexibility index (Phi) is 5.96. The molecular formula is C19H19ClN4OS. The second kappa shape index (κ2) is 8.38. The Hall–Kier alpha value is -2.31. The van der Waals surface area contributed by atoms with E-state index < -0.39 is 0 Å². The first-order valence-corrected chi connectivity index (χ1v) is 9.53. The number of halogens is 1. The van der Waals surface area contributed by atoms with E-state index in [1.807, 2.05) is 47.9 Å². The molecule has 5 nitrogen and oxygen atoms in total. The van der Waals surface area contributed by atoms with Crippen molar-refractivity contribution in [1.29, 1.82) is 0 Å². The molecule has 0 aliphatic heterocycles. The molecule has 0 fully saturated rings. The fraction of sp³-hybridized carbons (Fsp3) is 0.211. The third-order valence-electron chi connectivity index (χ3n) is 3.82. The Morgan fingerprint density at radius 1 is 1.19 bits per heavy atom. The quantitative estimate of drug-likeness (QED) is 0.646. The minimum Gasteiger partial charge on any atom is -0.349 e. The van der Waals surface area contributed by atoms with Crippen molar-refractivity contribution in [3.8, 4) is 5.69 Å². The van der Waals surface area contributed by atoms with Crippen molar-refractivity contribution >= 4 is 29.3 Å². The highest BCUT2D eigenvalue weighted by molar-refractivity contribution is 7.98. The van der Waals surface area contributed by atoms with Crippen LogP contribution in [0.15, 0.2) is 53.7 Å². The van der Waals surface area contributed by atoms with E-state index >= 15 is 0 Å². The number of amides is 1. The Balaban J connectivity index is 1.96. The zero-order chi connectivity index (χ0) is 18.5. The van der Waals surface area contributed by atoms with Crippen LogP contribution in [-0.4, -0.2) is 20.7 Å². The van der Waals surface area contributed by atoms with E-state index in [2.05, 4.69) is 27.6 Å². The molecule has 26 heavy (non-hydrogen) atoms.